The minimum Gasteiger partial charge on any atom is -0.480 e. The van der Waals surface area contributed by atoms with Gasteiger partial charge in [0.15, 0.2) is 0 Å². The number of methoxy groups -OCH3 is 1. The van der Waals surface area contributed by atoms with Gasteiger partial charge in [-0.3, -0.25) is 4.79 Å². The largest absolute Gasteiger partial charge is 0.480 e. The summed E-state index contributed by atoms with van der Waals surface area (Å²) in [6.07, 6.45) is 1.53. The van der Waals surface area contributed by atoms with Gasteiger partial charge >= 0.3 is 11.8 Å². The molecule has 2 aromatic heterocycles. The Bertz CT molecular complexity index is 637. The number of imidazole rings is 1. The predicted molar refractivity (Wildman–Crippen MR) is 71.4 cm³/mol. The number of rotatable bonds is 7. The number of thiazole rings is 1. The molecule has 2 rings (SSSR count). The molecule has 0 atom stereocenters. The summed E-state index contributed by atoms with van der Waals surface area (Å²) in [5, 5.41) is 21.8. The van der Waals surface area contributed by atoms with E-state index in [2.05, 4.69) is 4.98 Å². The molecule has 0 saturated heterocycles. The van der Waals surface area contributed by atoms with Crippen LogP contribution in [-0.2, 0) is 9.53 Å². The van der Waals surface area contributed by atoms with Crippen LogP contribution in [0.15, 0.2) is 11.6 Å². The van der Waals surface area contributed by atoms with Gasteiger partial charge in [0.25, 0.3) is 4.96 Å². The summed E-state index contributed by atoms with van der Waals surface area (Å²) in [6, 6.07) is 0. The first-order chi connectivity index (χ1) is 9.54. The molecular formula is C10H12N4O5S. The maximum absolute atomic E-state index is 11.2. The van der Waals surface area contributed by atoms with E-state index in [1.165, 1.54) is 33.9 Å². The van der Waals surface area contributed by atoms with E-state index < -0.39 is 10.9 Å². The molecule has 0 aliphatic heterocycles. The number of carbonyl (C=O) groups is 1. The molecule has 2 heterocycles. The van der Waals surface area contributed by atoms with Crippen LogP contribution >= 0.6 is 11.3 Å². The summed E-state index contributed by atoms with van der Waals surface area (Å²) in [4.78, 5) is 27.4. The monoisotopic (exact) mass is 300 g/mol. The van der Waals surface area contributed by atoms with Gasteiger partial charge < -0.3 is 24.9 Å². The van der Waals surface area contributed by atoms with Crippen LogP contribution in [0.3, 0.4) is 0 Å². The molecule has 0 aliphatic rings. The lowest BCUT2D eigenvalue weighted by molar-refractivity contribution is -0.389. The highest BCUT2D eigenvalue weighted by Gasteiger charge is 2.28. The molecule has 1 N–H and O–H groups in total. The van der Waals surface area contributed by atoms with Crippen LogP contribution in [0.25, 0.3) is 4.96 Å². The van der Waals surface area contributed by atoms with E-state index >= 15 is 0 Å². The van der Waals surface area contributed by atoms with Crippen molar-refractivity contribution in [1.29, 1.82) is 0 Å². The number of fused-ring (bicyclic) bond motifs is 1. The van der Waals surface area contributed by atoms with Crippen molar-refractivity contribution in [3.63, 3.8) is 0 Å². The average molecular weight is 300 g/mol. The number of hydrogen-bond donors (Lipinski definition) is 1. The molecule has 0 spiro atoms. The summed E-state index contributed by atoms with van der Waals surface area (Å²) < 4.78 is 6.23. The normalized spacial score (nSPS) is 10.8. The second-order valence-corrected chi connectivity index (χ2v) is 4.75. The minimum atomic E-state index is -1.09. The Hall–Kier alpha value is -2.20. The second-order valence-electron chi connectivity index (χ2n) is 3.88. The lowest BCUT2D eigenvalue weighted by Crippen LogP contribution is -2.33. The zero-order chi connectivity index (χ0) is 14.7. The molecule has 10 heteroatoms. The molecule has 0 aliphatic carbocycles. The van der Waals surface area contributed by atoms with E-state index in [1.807, 2.05) is 0 Å². The van der Waals surface area contributed by atoms with Gasteiger partial charge in [-0.05, 0) is 4.92 Å². The molecule has 0 saturated carbocycles. The van der Waals surface area contributed by atoms with Gasteiger partial charge in [0.05, 0.1) is 6.61 Å². The molecule has 0 fully saturated rings. The average Bonchev–Trinajstić information content (AvgIpc) is 2.92. The van der Waals surface area contributed by atoms with Gasteiger partial charge in [0, 0.05) is 19.0 Å². The van der Waals surface area contributed by atoms with Crippen LogP contribution in [0.5, 0.6) is 0 Å². The summed E-state index contributed by atoms with van der Waals surface area (Å²) in [5.74, 6) is -1.29. The van der Waals surface area contributed by atoms with Gasteiger partial charge in [-0.15, -0.1) is 0 Å². The molecule has 0 amide bonds. The Labute approximate surface area is 117 Å². The van der Waals surface area contributed by atoms with Crippen molar-refractivity contribution in [3.05, 3.63) is 21.7 Å². The highest BCUT2D eigenvalue weighted by atomic mass is 32.1. The van der Waals surface area contributed by atoms with Crippen LogP contribution in [0, 0.1) is 10.1 Å². The Balaban J connectivity index is 2.45. The standard InChI is InChI=1S/C10H12N4O5S/c1-19-4-2-12(6-7(15)16)8-9(14(17)18)13-3-5-20-10(13)11-8/h3,5H,2,4,6H2,1H3,(H,15,16). The van der Waals surface area contributed by atoms with E-state index in [1.54, 1.807) is 5.38 Å². The van der Waals surface area contributed by atoms with Gasteiger partial charge in [0.2, 0.25) is 5.82 Å². The molecule has 0 bridgehead atoms. The van der Waals surface area contributed by atoms with Crippen molar-refractivity contribution in [3.8, 4) is 0 Å². The molecular weight excluding hydrogens is 288 g/mol. The first-order valence-corrected chi connectivity index (χ1v) is 6.48. The topological polar surface area (TPSA) is 110 Å². The van der Waals surface area contributed by atoms with Crippen molar-refractivity contribution in [2.24, 2.45) is 0 Å². The fourth-order valence-corrected chi connectivity index (χ4v) is 2.47. The zero-order valence-electron chi connectivity index (χ0n) is 10.6. The number of hydrogen-bond acceptors (Lipinski definition) is 7. The molecule has 9 nitrogen and oxygen atoms in total. The number of ether oxygens (including phenoxy) is 1. The van der Waals surface area contributed by atoms with Crippen LogP contribution in [-0.4, -0.2) is 52.2 Å². The Morgan fingerprint density at radius 3 is 3.05 bits per heavy atom. The first-order valence-electron chi connectivity index (χ1n) is 5.60. The highest BCUT2D eigenvalue weighted by Crippen LogP contribution is 2.30. The van der Waals surface area contributed by atoms with Gasteiger partial charge in [-0.1, -0.05) is 11.3 Å². The number of nitrogens with zero attached hydrogens (tertiary/aromatic N) is 4. The van der Waals surface area contributed by atoms with Crippen molar-refractivity contribution >= 4 is 33.9 Å². The maximum atomic E-state index is 11.2. The van der Waals surface area contributed by atoms with Crippen LogP contribution in [0.4, 0.5) is 11.6 Å². The third-order valence-electron chi connectivity index (χ3n) is 2.58. The van der Waals surface area contributed by atoms with Crippen LogP contribution in [0.2, 0.25) is 0 Å². The van der Waals surface area contributed by atoms with Crippen molar-refractivity contribution in [1.82, 2.24) is 9.38 Å². The van der Waals surface area contributed by atoms with E-state index in [0.717, 1.165) is 0 Å². The number of carboxylic acids is 1. The zero-order valence-corrected chi connectivity index (χ0v) is 11.4. The summed E-state index contributed by atoms with van der Waals surface area (Å²) >= 11 is 1.24. The van der Waals surface area contributed by atoms with Crippen molar-refractivity contribution in [2.45, 2.75) is 0 Å². The number of carboxylic acid groups (broad SMARTS) is 1. The van der Waals surface area contributed by atoms with Gasteiger partial charge in [-0.25, -0.2) is 0 Å². The number of aromatic nitrogens is 2. The van der Waals surface area contributed by atoms with Crippen molar-refractivity contribution < 1.29 is 19.6 Å². The number of aliphatic carboxylic acids is 1. The van der Waals surface area contributed by atoms with E-state index in [4.69, 9.17) is 9.84 Å². The lowest BCUT2D eigenvalue weighted by Gasteiger charge is -2.18. The quantitative estimate of drug-likeness (QED) is 0.596. The number of anilines is 1. The Kier molecular flexibility index (Phi) is 4.15. The Morgan fingerprint density at radius 1 is 1.70 bits per heavy atom. The van der Waals surface area contributed by atoms with Gasteiger partial charge in [0.1, 0.15) is 12.7 Å². The summed E-state index contributed by atoms with van der Waals surface area (Å²) in [5.41, 5.74) is 0. The van der Waals surface area contributed by atoms with Crippen LogP contribution < -0.4 is 4.90 Å². The predicted octanol–water partition coefficient (Wildman–Crippen LogP) is 0.841. The third-order valence-corrected chi connectivity index (χ3v) is 3.34. The third kappa shape index (κ3) is 2.70. The SMILES string of the molecule is COCCN(CC(=O)O)c1nc2sccn2c1[N+](=O)[O-]. The summed E-state index contributed by atoms with van der Waals surface area (Å²) in [6.45, 7) is 0.0686. The Morgan fingerprint density at radius 2 is 2.45 bits per heavy atom. The second kappa shape index (κ2) is 5.84. The van der Waals surface area contributed by atoms with Crippen molar-refractivity contribution in [2.75, 3.05) is 31.7 Å². The fraction of sp³-hybridized carbons (Fsp3) is 0.400. The smallest absolute Gasteiger partial charge is 0.373 e. The molecule has 108 valence electrons. The fourth-order valence-electron chi connectivity index (χ4n) is 1.77. The molecule has 20 heavy (non-hydrogen) atoms. The van der Waals surface area contributed by atoms with Gasteiger partial charge in [-0.2, -0.15) is 9.38 Å². The summed E-state index contributed by atoms with van der Waals surface area (Å²) in [7, 11) is 1.47. The van der Waals surface area contributed by atoms with E-state index in [9.17, 15) is 14.9 Å². The highest BCUT2D eigenvalue weighted by molar-refractivity contribution is 7.15. The molecule has 2 aromatic rings. The minimum absolute atomic E-state index is 0.0429. The van der Waals surface area contributed by atoms with E-state index in [-0.39, 0.29) is 31.3 Å². The first kappa shape index (κ1) is 14.2. The molecule has 0 aromatic carbocycles. The lowest BCUT2D eigenvalue weighted by atomic mass is 10.4. The molecule has 0 unspecified atom stereocenters. The molecule has 0 radical (unpaired) electrons. The number of nitro groups is 1. The maximum Gasteiger partial charge on any atom is 0.373 e. The van der Waals surface area contributed by atoms with Crippen LogP contribution in [0.1, 0.15) is 0 Å². The van der Waals surface area contributed by atoms with E-state index in [0.29, 0.717) is 4.96 Å².